The summed E-state index contributed by atoms with van der Waals surface area (Å²) in [6.07, 6.45) is 7.32. The van der Waals surface area contributed by atoms with Crippen molar-refractivity contribution in [3.05, 3.63) is 58.7 Å². The third kappa shape index (κ3) is 4.62. The molecular weight excluding hydrogens is 416 g/mol. The van der Waals surface area contributed by atoms with Crippen molar-refractivity contribution in [1.82, 2.24) is 0 Å². The Morgan fingerprint density at radius 1 is 0.559 bits per heavy atom. The quantitative estimate of drug-likeness (QED) is 0.476. The fourth-order valence-electron chi connectivity index (χ4n) is 7.60. The van der Waals surface area contributed by atoms with Crippen LogP contribution in [0.3, 0.4) is 0 Å². The monoisotopic (exact) mass is 464 g/mol. The van der Waals surface area contributed by atoms with Crippen molar-refractivity contribution in [3.8, 4) is 11.5 Å². The highest BCUT2D eigenvalue weighted by molar-refractivity contribution is 5.43. The number of phenolic OH excluding ortho intramolecular Hbond substituents is 2. The minimum Gasteiger partial charge on any atom is -0.508 e. The fraction of sp³-hybridized carbons (Fsp3) is 0.625. The van der Waals surface area contributed by atoms with Crippen LogP contribution in [0.25, 0.3) is 0 Å². The van der Waals surface area contributed by atoms with Crippen molar-refractivity contribution in [2.24, 2.45) is 23.7 Å². The Hall–Kier alpha value is -1.96. The second-order valence-corrected chi connectivity index (χ2v) is 12.1. The van der Waals surface area contributed by atoms with Gasteiger partial charge in [-0.3, -0.25) is 0 Å². The van der Waals surface area contributed by atoms with Crippen molar-refractivity contribution >= 4 is 0 Å². The number of hydrogen-bond acceptors (Lipinski definition) is 2. The maximum absolute atomic E-state index is 9.78. The van der Waals surface area contributed by atoms with E-state index in [0.717, 1.165) is 12.8 Å². The molecule has 2 aliphatic rings. The summed E-state index contributed by atoms with van der Waals surface area (Å²) >= 11 is 0. The van der Waals surface area contributed by atoms with Gasteiger partial charge in [-0.25, -0.2) is 0 Å². The Morgan fingerprint density at radius 3 is 1.53 bits per heavy atom. The Kier molecular flexibility index (Phi) is 8.10. The highest BCUT2D eigenvalue weighted by Crippen LogP contribution is 2.49. The first-order valence-corrected chi connectivity index (χ1v) is 13.6. The van der Waals surface area contributed by atoms with Gasteiger partial charge in [0.25, 0.3) is 0 Å². The molecule has 2 aliphatic carbocycles. The lowest BCUT2D eigenvalue weighted by molar-refractivity contribution is 0.185. The van der Waals surface area contributed by atoms with Crippen molar-refractivity contribution in [2.75, 3.05) is 0 Å². The second kappa shape index (κ2) is 10.3. The molecule has 0 heterocycles. The molecule has 0 atom stereocenters. The maximum Gasteiger partial charge on any atom is 0.115 e. The van der Waals surface area contributed by atoms with Crippen molar-refractivity contribution in [3.63, 3.8) is 0 Å². The van der Waals surface area contributed by atoms with Gasteiger partial charge in [-0.1, -0.05) is 67.5 Å². The molecule has 2 aromatic rings. The summed E-state index contributed by atoms with van der Waals surface area (Å²) in [6, 6.07) is 11.9. The molecular formula is C32H48O2. The van der Waals surface area contributed by atoms with Crippen LogP contribution in [0.1, 0.15) is 103 Å². The van der Waals surface area contributed by atoms with E-state index in [2.05, 4.69) is 67.5 Å². The smallest absolute Gasteiger partial charge is 0.115 e. The lowest BCUT2D eigenvalue weighted by Gasteiger charge is -2.46. The van der Waals surface area contributed by atoms with Crippen LogP contribution in [0.4, 0.5) is 0 Å². The Morgan fingerprint density at radius 2 is 1.00 bits per heavy atom. The third-order valence-electron chi connectivity index (χ3n) is 9.38. The molecule has 4 rings (SSSR count). The van der Waals surface area contributed by atoms with E-state index in [0.29, 0.717) is 40.6 Å². The second-order valence-electron chi connectivity index (χ2n) is 12.1. The van der Waals surface area contributed by atoms with Gasteiger partial charge in [-0.05, 0) is 109 Å². The highest BCUT2D eigenvalue weighted by atomic mass is 16.3. The van der Waals surface area contributed by atoms with E-state index in [1.165, 1.54) is 47.9 Å². The molecule has 0 amide bonds. The Labute approximate surface area is 208 Å². The number of hydrogen-bond donors (Lipinski definition) is 2. The Bertz CT molecular complexity index is 951. The van der Waals surface area contributed by atoms with E-state index in [1.54, 1.807) is 0 Å². The number of phenols is 2. The molecule has 2 heteroatoms. The molecule has 2 aromatic carbocycles. The van der Waals surface area contributed by atoms with Crippen molar-refractivity contribution in [2.45, 2.75) is 105 Å². The van der Waals surface area contributed by atoms with Crippen molar-refractivity contribution in [1.29, 1.82) is 0 Å². The van der Waals surface area contributed by atoms with Crippen molar-refractivity contribution < 1.29 is 10.2 Å². The summed E-state index contributed by atoms with van der Waals surface area (Å²) in [7, 11) is 0. The topological polar surface area (TPSA) is 40.5 Å². The fourth-order valence-corrected chi connectivity index (χ4v) is 7.60. The van der Waals surface area contributed by atoms with E-state index < -0.39 is 0 Å². The highest BCUT2D eigenvalue weighted by Gasteiger charge is 2.42. The van der Waals surface area contributed by atoms with Gasteiger partial charge >= 0.3 is 0 Å². The van der Waals surface area contributed by atoms with Crippen LogP contribution in [-0.2, 0) is 23.7 Å². The van der Waals surface area contributed by atoms with Gasteiger partial charge in [0.2, 0.25) is 0 Å². The SMILES string of the molecule is CC(C)C1(C(C)C)CCCc2cc(O)ccc21.CC(C)C1(C(C)C)CCCc2ccc(O)cc21. The predicted octanol–water partition coefficient (Wildman–Crippen LogP) is 8.56. The summed E-state index contributed by atoms with van der Waals surface area (Å²) < 4.78 is 0. The first-order valence-electron chi connectivity index (χ1n) is 13.6. The molecule has 2 nitrogen and oxygen atoms in total. The van der Waals surface area contributed by atoms with Crippen LogP contribution < -0.4 is 0 Å². The Balaban J connectivity index is 0.000000191. The number of fused-ring (bicyclic) bond motifs is 2. The largest absolute Gasteiger partial charge is 0.508 e. The van der Waals surface area contributed by atoms with Gasteiger partial charge in [0.1, 0.15) is 11.5 Å². The minimum absolute atomic E-state index is 0.242. The lowest BCUT2D eigenvalue weighted by Crippen LogP contribution is -2.41. The molecule has 0 spiro atoms. The average Bonchev–Trinajstić information content (AvgIpc) is 2.77. The summed E-state index contributed by atoms with van der Waals surface area (Å²) in [5, 5.41) is 19.4. The third-order valence-corrected chi connectivity index (χ3v) is 9.38. The summed E-state index contributed by atoms with van der Waals surface area (Å²) in [6.45, 7) is 18.6. The van der Waals surface area contributed by atoms with Gasteiger partial charge in [0.15, 0.2) is 0 Å². The van der Waals surface area contributed by atoms with Crippen LogP contribution in [0.2, 0.25) is 0 Å². The summed E-state index contributed by atoms with van der Waals surface area (Å²) in [5.41, 5.74) is 6.21. The molecule has 0 saturated heterocycles. The molecule has 0 aromatic heterocycles. The van der Waals surface area contributed by atoms with E-state index in [-0.39, 0.29) is 5.41 Å². The first kappa shape index (κ1) is 26.6. The molecule has 2 N–H and O–H groups in total. The molecule has 0 unspecified atom stereocenters. The molecule has 0 fully saturated rings. The minimum atomic E-state index is 0.242. The number of rotatable bonds is 4. The van der Waals surface area contributed by atoms with E-state index in [1.807, 2.05) is 24.3 Å². The number of aryl methyl sites for hydroxylation is 2. The molecule has 0 aliphatic heterocycles. The normalized spacial score (nSPS) is 18.5. The van der Waals surface area contributed by atoms with Crippen LogP contribution in [-0.4, -0.2) is 10.2 Å². The van der Waals surface area contributed by atoms with Crippen LogP contribution >= 0.6 is 0 Å². The molecule has 0 radical (unpaired) electrons. The van der Waals surface area contributed by atoms with E-state index in [4.69, 9.17) is 0 Å². The van der Waals surface area contributed by atoms with Gasteiger partial charge in [0.05, 0.1) is 0 Å². The first-order chi connectivity index (χ1) is 16.0. The standard InChI is InChI=1S/2C16H24O/c1-11(2)16(12(3)4)9-5-6-13-10-14(17)7-8-15(13)16;1-11(2)16(12(3)4)9-5-6-13-7-8-14(17)10-15(13)16/h2*7-8,10-12,17H,5-6,9H2,1-4H3. The van der Waals surface area contributed by atoms with Crippen LogP contribution in [0, 0.1) is 23.7 Å². The van der Waals surface area contributed by atoms with E-state index >= 15 is 0 Å². The molecule has 188 valence electrons. The zero-order valence-electron chi connectivity index (χ0n) is 22.9. The number of benzene rings is 2. The summed E-state index contributed by atoms with van der Waals surface area (Å²) in [4.78, 5) is 0. The summed E-state index contributed by atoms with van der Waals surface area (Å²) in [5.74, 6) is 3.34. The number of aromatic hydroxyl groups is 2. The lowest BCUT2D eigenvalue weighted by atomic mass is 9.58. The predicted molar refractivity (Wildman–Crippen MR) is 145 cm³/mol. The van der Waals surface area contributed by atoms with Crippen LogP contribution in [0.15, 0.2) is 36.4 Å². The zero-order valence-corrected chi connectivity index (χ0v) is 22.9. The van der Waals surface area contributed by atoms with Gasteiger partial charge in [-0.15, -0.1) is 0 Å². The van der Waals surface area contributed by atoms with Gasteiger partial charge in [0, 0.05) is 10.8 Å². The molecule has 34 heavy (non-hydrogen) atoms. The molecule has 0 bridgehead atoms. The average molecular weight is 465 g/mol. The van der Waals surface area contributed by atoms with Gasteiger partial charge in [-0.2, -0.15) is 0 Å². The van der Waals surface area contributed by atoms with Crippen LogP contribution in [0.5, 0.6) is 11.5 Å². The zero-order chi connectivity index (χ0) is 25.3. The van der Waals surface area contributed by atoms with Gasteiger partial charge < -0.3 is 10.2 Å². The maximum atomic E-state index is 9.78. The molecule has 0 saturated carbocycles. The van der Waals surface area contributed by atoms with E-state index in [9.17, 15) is 10.2 Å².